The number of amides is 2. The van der Waals surface area contributed by atoms with Gasteiger partial charge in [0.1, 0.15) is 5.76 Å². The molecule has 0 atom stereocenters. The van der Waals surface area contributed by atoms with Gasteiger partial charge in [0.25, 0.3) is 0 Å². The number of aromatic nitrogens is 1. The highest BCUT2D eigenvalue weighted by molar-refractivity contribution is 6.30. The molecule has 1 N–H and O–H groups in total. The molecule has 1 aromatic heterocycles. The Morgan fingerprint density at radius 1 is 1.28 bits per heavy atom. The zero-order chi connectivity index (χ0) is 17.8. The van der Waals surface area contributed by atoms with Gasteiger partial charge in [-0.3, -0.25) is 4.90 Å². The third-order valence-electron chi connectivity index (χ3n) is 4.51. The van der Waals surface area contributed by atoms with Crippen LogP contribution in [-0.4, -0.2) is 47.2 Å². The maximum Gasteiger partial charge on any atom is 0.321 e. The molecule has 7 heteroatoms. The molecule has 134 valence electrons. The van der Waals surface area contributed by atoms with E-state index in [4.69, 9.17) is 16.1 Å². The van der Waals surface area contributed by atoms with Gasteiger partial charge in [-0.05, 0) is 38.5 Å². The number of nitrogens with zero attached hydrogens (tertiary/aromatic N) is 3. The number of halogens is 1. The minimum atomic E-state index is -0.0820. The Balaban J connectivity index is 1.57. The van der Waals surface area contributed by atoms with Crippen molar-refractivity contribution in [2.24, 2.45) is 0 Å². The molecule has 25 heavy (non-hydrogen) atoms. The number of aryl methyl sites for hydroxylation is 2. The van der Waals surface area contributed by atoms with Crippen LogP contribution in [0.4, 0.5) is 10.5 Å². The summed E-state index contributed by atoms with van der Waals surface area (Å²) in [6, 6.07) is 7.12. The van der Waals surface area contributed by atoms with Gasteiger partial charge in [-0.1, -0.05) is 22.8 Å². The lowest BCUT2D eigenvalue weighted by atomic mass is 10.2. The van der Waals surface area contributed by atoms with Crippen LogP contribution in [0.25, 0.3) is 0 Å². The summed E-state index contributed by atoms with van der Waals surface area (Å²) in [5.41, 5.74) is 2.81. The molecule has 0 radical (unpaired) electrons. The number of rotatable bonds is 3. The molecular weight excluding hydrogens is 340 g/mol. The maximum absolute atomic E-state index is 12.5. The molecule has 2 amide bonds. The molecule has 0 bridgehead atoms. The van der Waals surface area contributed by atoms with E-state index in [-0.39, 0.29) is 6.03 Å². The summed E-state index contributed by atoms with van der Waals surface area (Å²) in [7, 11) is 0. The molecule has 1 saturated heterocycles. The number of anilines is 1. The summed E-state index contributed by atoms with van der Waals surface area (Å²) in [6.45, 7) is 7.93. The van der Waals surface area contributed by atoms with Gasteiger partial charge < -0.3 is 14.7 Å². The van der Waals surface area contributed by atoms with E-state index >= 15 is 0 Å². The van der Waals surface area contributed by atoms with Crippen molar-refractivity contribution in [3.05, 3.63) is 46.3 Å². The van der Waals surface area contributed by atoms with Crippen molar-refractivity contribution in [1.29, 1.82) is 0 Å². The lowest BCUT2D eigenvalue weighted by Crippen LogP contribution is -2.38. The number of carbonyl (C=O) groups is 1. The molecule has 0 aliphatic carbocycles. The topological polar surface area (TPSA) is 61.6 Å². The van der Waals surface area contributed by atoms with Crippen molar-refractivity contribution in [1.82, 2.24) is 15.0 Å². The van der Waals surface area contributed by atoms with E-state index in [1.807, 2.05) is 30.9 Å². The molecule has 3 rings (SSSR count). The van der Waals surface area contributed by atoms with E-state index in [2.05, 4.69) is 15.4 Å². The number of nitrogens with one attached hydrogen (secondary N) is 1. The van der Waals surface area contributed by atoms with E-state index in [0.717, 1.165) is 49.6 Å². The van der Waals surface area contributed by atoms with Gasteiger partial charge in [0.05, 0.1) is 5.69 Å². The van der Waals surface area contributed by atoms with E-state index in [0.29, 0.717) is 17.3 Å². The van der Waals surface area contributed by atoms with Crippen LogP contribution >= 0.6 is 11.6 Å². The zero-order valence-electron chi connectivity index (χ0n) is 14.6. The molecule has 2 aromatic rings. The highest BCUT2D eigenvalue weighted by Crippen LogP contribution is 2.18. The largest absolute Gasteiger partial charge is 0.361 e. The van der Waals surface area contributed by atoms with Crippen LogP contribution < -0.4 is 5.32 Å². The Hall–Kier alpha value is -2.05. The van der Waals surface area contributed by atoms with Crippen LogP contribution in [0, 0.1) is 13.8 Å². The lowest BCUT2D eigenvalue weighted by Gasteiger charge is -2.22. The highest BCUT2D eigenvalue weighted by Gasteiger charge is 2.21. The second kappa shape index (κ2) is 7.89. The Morgan fingerprint density at radius 2 is 2.12 bits per heavy atom. The number of hydrogen-bond acceptors (Lipinski definition) is 4. The summed E-state index contributed by atoms with van der Waals surface area (Å²) < 4.78 is 5.24. The average Bonchev–Trinajstić information content (AvgIpc) is 2.78. The van der Waals surface area contributed by atoms with E-state index in [1.165, 1.54) is 0 Å². The average molecular weight is 363 g/mol. The van der Waals surface area contributed by atoms with Crippen molar-refractivity contribution in [2.45, 2.75) is 26.8 Å². The number of carbonyl (C=O) groups excluding carboxylic acids is 1. The molecule has 2 heterocycles. The third-order valence-corrected chi connectivity index (χ3v) is 4.75. The smallest absolute Gasteiger partial charge is 0.321 e. The predicted octanol–water partition coefficient (Wildman–Crippen LogP) is 3.68. The molecule has 1 aromatic carbocycles. The van der Waals surface area contributed by atoms with Crippen molar-refractivity contribution in [2.75, 3.05) is 31.5 Å². The highest BCUT2D eigenvalue weighted by atomic mass is 35.5. The van der Waals surface area contributed by atoms with E-state index in [1.54, 1.807) is 12.1 Å². The quantitative estimate of drug-likeness (QED) is 0.904. The minimum Gasteiger partial charge on any atom is -0.361 e. The Labute approximate surface area is 152 Å². The first-order valence-electron chi connectivity index (χ1n) is 8.48. The van der Waals surface area contributed by atoms with Crippen molar-refractivity contribution >= 4 is 23.3 Å². The van der Waals surface area contributed by atoms with Gasteiger partial charge in [0, 0.05) is 49.0 Å². The van der Waals surface area contributed by atoms with Crippen LogP contribution in [0.3, 0.4) is 0 Å². The van der Waals surface area contributed by atoms with Crippen molar-refractivity contribution in [3.8, 4) is 0 Å². The third kappa shape index (κ3) is 4.52. The summed E-state index contributed by atoms with van der Waals surface area (Å²) >= 11 is 5.97. The second-order valence-corrected chi connectivity index (χ2v) is 6.80. The molecule has 6 nitrogen and oxygen atoms in total. The summed E-state index contributed by atoms with van der Waals surface area (Å²) in [5.74, 6) is 0.873. The van der Waals surface area contributed by atoms with Crippen LogP contribution in [0.15, 0.2) is 28.8 Å². The van der Waals surface area contributed by atoms with Crippen LogP contribution in [0.1, 0.15) is 23.4 Å². The van der Waals surface area contributed by atoms with Gasteiger partial charge in [-0.15, -0.1) is 0 Å². The van der Waals surface area contributed by atoms with Gasteiger partial charge in [0.2, 0.25) is 0 Å². The first kappa shape index (κ1) is 17.8. The number of hydrogen-bond donors (Lipinski definition) is 1. The Bertz CT molecular complexity index is 727. The molecule has 0 spiro atoms. The van der Waals surface area contributed by atoms with Gasteiger partial charge >= 0.3 is 6.03 Å². The number of benzene rings is 1. The van der Waals surface area contributed by atoms with Crippen molar-refractivity contribution in [3.63, 3.8) is 0 Å². The fourth-order valence-electron chi connectivity index (χ4n) is 3.05. The molecule has 0 unspecified atom stereocenters. The Morgan fingerprint density at radius 3 is 2.84 bits per heavy atom. The van der Waals surface area contributed by atoms with E-state index in [9.17, 15) is 4.79 Å². The molecule has 0 saturated carbocycles. The van der Waals surface area contributed by atoms with Gasteiger partial charge in [-0.2, -0.15) is 0 Å². The van der Waals surface area contributed by atoms with Gasteiger partial charge in [0.15, 0.2) is 0 Å². The molecule has 1 aliphatic rings. The van der Waals surface area contributed by atoms with Crippen LogP contribution in [0.2, 0.25) is 5.02 Å². The Kier molecular flexibility index (Phi) is 5.60. The minimum absolute atomic E-state index is 0.0820. The SMILES string of the molecule is Cc1noc(C)c1CN1CCCN(C(=O)Nc2cccc(Cl)c2)CC1. The fraction of sp³-hybridized carbons (Fsp3) is 0.444. The molecule has 1 aliphatic heterocycles. The predicted molar refractivity (Wildman–Crippen MR) is 97.9 cm³/mol. The van der Waals surface area contributed by atoms with Crippen LogP contribution in [-0.2, 0) is 6.54 Å². The molecular formula is C18H23ClN4O2. The molecule has 1 fully saturated rings. The monoisotopic (exact) mass is 362 g/mol. The number of urea groups is 1. The summed E-state index contributed by atoms with van der Waals surface area (Å²) in [4.78, 5) is 16.7. The van der Waals surface area contributed by atoms with E-state index < -0.39 is 0 Å². The first-order chi connectivity index (χ1) is 12.0. The standard InChI is InChI=1S/C18H23ClN4O2/c1-13-17(14(2)25-21-13)12-22-7-4-8-23(10-9-22)18(24)20-16-6-3-5-15(19)11-16/h3,5-6,11H,4,7-10,12H2,1-2H3,(H,20,24). The zero-order valence-corrected chi connectivity index (χ0v) is 15.3. The van der Waals surface area contributed by atoms with Crippen molar-refractivity contribution < 1.29 is 9.32 Å². The summed E-state index contributed by atoms with van der Waals surface area (Å²) in [6.07, 6.45) is 0.937. The normalized spacial score (nSPS) is 15.9. The lowest BCUT2D eigenvalue weighted by molar-refractivity contribution is 0.211. The first-order valence-corrected chi connectivity index (χ1v) is 8.86. The maximum atomic E-state index is 12.5. The second-order valence-electron chi connectivity index (χ2n) is 6.36. The fourth-order valence-corrected chi connectivity index (χ4v) is 3.24. The summed E-state index contributed by atoms with van der Waals surface area (Å²) in [5, 5.41) is 7.54. The van der Waals surface area contributed by atoms with Gasteiger partial charge in [-0.25, -0.2) is 4.79 Å². The van der Waals surface area contributed by atoms with Crippen LogP contribution in [0.5, 0.6) is 0 Å².